The number of aryl methyl sites for hydroxylation is 1. The zero-order valence-electron chi connectivity index (χ0n) is 15.1. The second-order valence-electron chi connectivity index (χ2n) is 6.13. The highest BCUT2D eigenvalue weighted by molar-refractivity contribution is 6.06. The number of hydrogen-bond donors (Lipinski definition) is 0. The monoisotopic (exact) mass is 349 g/mol. The second kappa shape index (κ2) is 6.87. The molecule has 0 atom stereocenters. The van der Waals surface area contributed by atoms with Crippen LogP contribution < -0.4 is 0 Å². The van der Waals surface area contributed by atoms with Crippen molar-refractivity contribution < 1.29 is 9.59 Å². The first-order chi connectivity index (χ1) is 12.4. The molecule has 3 rings (SSSR count). The van der Waals surface area contributed by atoms with E-state index in [2.05, 4.69) is 15.1 Å². The highest BCUT2D eigenvalue weighted by Gasteiger charge is 2.20. The summed E-state index contributed by atoms with van der Waals surface area (Å²) in [5.74, 6) is -0.508. The van der Waals surface area contributed by atoms with Crippen molar-refractivity contribution in [3.8, 4) is 16.9 Å². The molecule has 3 aromatic heterocycles. The summed E-state index contributed by atoms with van der Waals surface area (Å²) in [5.41, 5.74) is 3.44. The summed E-state index contributed by atoms with van der Waals surface area (Å²) in [7, 11) is 3.28. The third kappa shape index (κ3) is 3.23. The van der Waals surface area contributed by atoms with Crippen LogP contribution in [0.15, 0.2) is 42.9 Å². The maximum atomic E-state index is 12.3. The van der Waals surface area contributed by atoms with Gasteiger partial charge in [0.05, 0.1) is 28.8 Å². The first-order valence-electron chi connectivity index (χ1n) is 8.09. The average molecular weight is 349 g/mol. The molecule has 132 valence electrons. The molecular formula is C19H19N5O2. The lowest BCUT2D eigenvalue weighted by molar-refractivity contribution is 0.0820. The molecule has 7 nitrogen and oxygen atoms in total. The first kappa shape index (κ1) is 17.5. The number of nitrogens with zero attached hydrogens (tertiary/aromatic N) is 5. The van der Waals surface area contributed by atoms with E-state index in [1.54, 1.807) is 43.3 Å². The maximum Gasteiger partial charge on any atom is 0.255 e. The molecule has 0 N–H and O–H groups in total. The molecule has 3 aromatic rings. The topological polar surface area (TPSA) is 81.0 Å². The standard InChI is InChI=1S/C19H19N5O2/c1-12-16(11-24(22-12)14-6-5-9-20-10-14)17-8-7-15(19(26)23(3)4)18(21-17)13(2)25/h5-11H,1-4H3. The van der Waals surface area contributed by atoms with Crippen LogP contribution in [0.2, 0.25) is 0 Å². The normalized spacial score (nSPS) is 10.6. The van der Waals surface area contributed by atoms with Crippen LogP contribution in [-0.2, 0) is 0 Å². The Balaban J connectivity index is 2.08. The van der Waals surface area contributed by atoms with Gasteiger partial charge in [-0.1, -0.05) is 0 Å². The van der Waals surface area contributed by atoms with Crippen LogP contribution in [0.4, 0.5) is 0 Å². The van der Waals surface area contributed by atoms with Crippen LogP contribution in [0.25, 0.3) is 16.9 Å². The van der Waals surface area contributed by atoms with Crippen molar-refractivity contribution >= 4 is 11.7 Å². The Morgan fingerprint density at radius 2 is 1.92 bits per heavy atom. The van der Waals surface area contributed by atoms with E-state index < -0.39 is 0 Å². The lowest BCUT2D eigenvalue weighted by Gasteiger charge is -2.13. The first-order valence-corrected chi connectivity index (χ1v) is 8.09. The Labute approximate surface area is 151 Å². The Bertz CT molecular complexity index is 977. The summed E-state index contributed by atoms with van der Waals surface area (Å²) in [4.78, 5) is 34.3. The third-order valence-corrected chi connectivity index (χ3v) is 3.95. The molecule has 0 fully saturated rings. The van der Waals surface area contributed by atoms with E-state index >= 15 is 0 Å². The zero-order valence-corrected chi connectivity index (χ0v) is 15.1. The highest BCUT2D eigenvalue weighted by Crippen LogP contribution is 2.24. The van der Waals surface area contributed by atoms with Gasteiger partial charge < -0.3 is 4.90 Å². The molecule has 7 heteroatoms. The molecule has 0 aromatic carbocycles. The fraction of sp³-hybridized carbons (Fsp3) is 0.211. The minimum atomic E-state index is -0.255. The van der Waals surface area contributed by atoms with Gasteiger partial charge in [0.1, 0.15) is 5.69 Å². The summed E-state index contributed by atoms with van der Waals surface area (Å²) in [6, 6.07) is 7.11. The molecule has 0 spiro atoms. The molecule has 0 aliphatic carbocycles. The molecular weight excluding hydrogens is 330 g/mol. The number of Topliss-reactive ketones (excluding diaryl/α,β-unsaturated/α-hetero) is 1. The molecule has 0 saturated carbocycles. The number of amides is 1. The van der Waals surface area contributed by atoms with Crippen molar-refractivity contribution in [1.82, 2.24) is 24.6 Å². The summed E-state index contributed by atoms with van der Waals surface area (Å²) in [6.07, 6.45) is 5.25. The molecule has 0 bridgehead atoms. The smallest absolute Gasteiger partial charge is 0.255 e. The van der Waals surface area contributed by atoms with Gasteiger partial charge in [-0.15, -0.1) is 0 Å². The van der Waals surface area contributed by atoms with Crippen LogP contribution in [-0.4, -0.2) is 50.4 Å². The quantitative estimate of drug-likeness (QED) is 0.676. The number of rotatable bonds is 4. The van der Waals surface area contributed by atoms with E-state index in [4.69, 9.17) is 0 Å². The van der Waals surface area contributed by atoms with Gasteiger partial charge in [0.15, 0.2) is 5.78 Å². The van der Waals surface area contributed by atoms with Crippen LogP contribution in [0, 0.1) is 6.92 Å². The van der Waals surface area contributed by atoms with Gasteiger partial charge in [-0.3, -0.25) is 14.6 Å². The lowest BCUT2D eigenvalue weighted by atomic mass is 10.1. The highest BCUT2D eigenvalue weighted by atomic mass is 16.2. The van der Waals surface area contributed by atoms with Gasteiger partial charge >= 0.3 is 0 Å². The summed E-state index contributed by atoms with van der Waals surface area (Å²) >= 11 is 0. The van der Waals surface area contributed by atoms with Crippen molar-refractivity contribution in [3.05, 3.63) is 59.8 Å². The fourth-order valence-electron chi connectivity index (χ4n) is 2.62. The van der Waals surface area contributed by atoms with E-state index in [1.807, 2.05) is 25.3 Å². The maximum absolute atomic E-state index is 12.3. The van der Waals surface area contributed by atoms with Crippen LogP contribution in [0.3, 0.4) is 0 Å². The van der Waals surface area contributed by atoms with Crippen molar-refractivity contribution in [2.24, 2.45) is 0 Å². The van der Waals surface area contributed by atoms with Gasteiger partial charge in [0, 0.05) is 39.0 Å². The molecule has 26 heavy (non-hydrogen) atoms. The number of carbonyl (C=O) groups excluding carboxylic acids is 2. The zero-order chi connectivity index (χ0) is 18.8. The molecule has 0 aliphatic heterocycles. The summed E-state index contributed by atoms with van der Waals surface area (Å²) in [5, 5.41) is 4.49. The molecule has 0 aliphatic rings. The minimum absolute atomic E-state index is 0.162. The van der Waals surface area contributed by atoms with Crippen LogP contribution >= 0.6 is 0 Å². The lowest BCUT2D eigenvalue weighted by Crippen LogP contribution is -2.24. The van der Waals surface area contributed by atoms with E-state index in [0.29, 0.717) is 11.3 Å². The van der Waals surface area contributed by atoms with E-state index in [-0.39, 0.29) is 17.4 Å². The predicted molar refractivity (Wildman–Crippen MR) is 97.3 cm³/mol. The third-order valence-electron chi connectivity index (χ3n) is 3.95. The molecule has 3 heterocycles. The second-order valence-corrected chi connectivity index (χ2v) is 6.13. The Hall–Kier alpha value is -3.35. The Morgan fingerprint density at radius 3 is 2.54 bits per heavy atom. The van der Waals surface area contributed by atoms with E-state index in [1.165, 1.54) is 11.8 Å². The van der Waals surface area contributed by atoms with Crippen molar-refractivity contribution in [1.29, 1.82) is 0 Å². The van der Waals surface area contributed by atoms with Crippen molar-refractivity contribution in [2.75, 3.05) is 14.1 Å². The predicted octanol–water partition coefficient (Wildman–Crippen LogP) is 2.54. The van der Waals surface area contributed by atoms with Gasteiger partial charge in [-0.2, -0.15) is 5.10 Å². The molecule has 0 unspecified atom stereocenters. The average Bonchev–Trinajstić information content (AvgIpc) is 3.03. The number of carbonyl (C=O) groups is 2. The molecule has 0 radical (unpaired) electrons. The Morgan fingerprint density at radius 1 is 1.15 bits per heavy atom. The fourth-order valence-corrected chi connectivity index (χ4v) is 2.62. The van der Waals surface area contributed by atoms with Gasteiger partial charge in [-0.05, 0) is 31.2 Å². The van der Waals surface area contributed by atoms with Gasteiger partial charge in [0.2, 0.25) is 0 Å². The Kier molecular flexibility index (Phi) is 4.62. The van der Waals surface area contributed by atoms with Crippen molar-refractivity contribution in [2.45, 2.75) is 13.8 Å². The van der Waals surface area contributed by atoms with E-state index in [9.17, 15) is 9.59 Å². The molecule has 1 amide bonds. The van der Waals surface area contributed by atoms with E-state index in [0.717, 1.165) is 16.9 Å². The number of hydrogen-bond acceptors (Lipinski definition) is 5. The van der Waals surface area contributed by atoms with Crippen LogP contribution in [0.5, 0.6) is 0 Å². The van der Waals surface area contributed by atoms with Crippen LogP contribution in [0.1, 0.15) is 33.5 Å². The minimum Gasteiger partial charge on any atom is -0.345 e. The summed E-state index contributed by atoms with van der Waals surface area (Å²) < 4.78 is 1.71. The SMILES string of the molecule is CC(=O)c1nc(-c2cn(-c3cccnc3)nc2C)ccc1C(=O)N(C)C. The largest absolute Gasteiger partial charge is 0.345 e. The summed E-state index contributed by atoms with van der Waals surface area (Å²) in [6.45, 7) is 3.28. The van der Waals surface area contributed by atoms with Gasteiger partial charge in [-0.25, -0.2) is 9.67 Å². The number of pyridine rings is 2. The van der Waals surface area contributed by atoms with Crippen molar-refractivity contribution in [3.63, 3.8) is 0 Å². The number of aromatic nitrogens is 4. The number of ketones is 1. The van der Waals surface area contributed by atoms with Gasteiger partial charge in [0.25, 0.3) is 5.91 Å². The molecule has 0 saturated heterocycles.